The molecule has 1 heterocycles. The van der Waals surface area contributed by atoms with Gasteiger partial charge in [-0.2, -0.15) is 0 Å². The van der Waals surface area contributed by atoms with E-state index in [1.807, 2.05) is 11.9 Å². The van der Waals surface area contributed by atoms with E-state index in [9.17, 15) is 9.59 Å². The van der Waals surface area contributed by atoms with Crippen molar-refractivity contribution < 1.29 is 14.3 Å². The molecule has 1 N–H and O–H groups in total. The summed E-state index contributed by atoms with van der Waals surface area (Å²) in [6, 6.07) is 5.25. The molecule has 120 valence electrons. The van der Waals surface area contributed by atoms with Crippen LogP contribution in [0.2, 0.25) is 0 Å². The lowest BCUT2D eigenvalue weighted by atomic mass is 10.0. The normalized spacial score (nSPS) is 17.6. The molecule has 1 saturated heterocycles. The van der Waals surface area contributed by atoms with Gasteiger partial charge in [0.2, 0.25) is 5.91 Å². The number of likely N-dealkylation sites (tertiary alicyclic amines) is 1. The highest BCUT2D eigenvalue weighted by Crippen LogP contribution is 2.23. The average molecular weight is 304 g/mol. The second-order valence-electron chi connectivity index (χ2n) is 5.81. The van der Waals surface area contributed by atoms with Crippen molar-refractivity contribution in [2.75, 3.05) is 33.8 Å². The van der Waals surface area contributed by atoms with Crippen LogP contribution in [-0.2, 0) is 11.2 Å². The lowest BCUT2D eigenvalue weighted by molar-refractivity contribution is -0.129. The van der Waals surface area contributed by atoms with E-state index >= 15 is 0 Å². The van der Waals surface area contributed by atoms with Gasteiger partial charge in [-0.05, 0) is 51.1 Å². The Hall–Kier alpha value is -1.88. The second kappa shape index (κ2) is 7.40. The van der Waals surface area contributed by atoms with Crippen LogP contribution in [0, 0.1) is 5.92 Å². The summed E-state index contributed by atoms with van der Waals surface area (Å²) in [4.78, 5) is 25.9. The van der Waals surface area contributed by atoms with E-state index in [4.69, 9.17) is 4.74 Å². The SMILES string of the molecule is CNCC1CCN(C(=O)Cc2cc(C(C)=O)ccc2OC)C1. The molecule has 1 aliphatic rings. The maximum absolute atomic E-state index is 12.5. The van der Waals surface area contributed by atoms with Crippen LogP contribution < -0.4 is 10.1 Å². The molecule has 2 rings (SSSR count). The summed E-state index contributed by atoms with van der Waals surface area (Å²) >= 11 is 0. The van der Waals surface area contributed by atoms with E-state index in [-0.39, 0.29) is 18.1 Å². The molecule has 5 heteroatoms. The van der Waals surface area contributed by atoms with Crippen LogP contribution in [0.25, 0.3) is 0 Å². The number of nitrogens with one attached hydrogen (secondary N) is 1. The van der Waals surface area contributed by atoms with Crippen LogP contribution >= 0.6 is 0 Å². The molecular formula is C17H24N2O3. The first-order chi connectivity index (χ1) is 10.5. The molecule has 1 unspecified atom stereocenters. The number of Topliss-reactive ketones (excluding diaryl/α,β-unsaturated/α-hetero) is 1. The van der Waals surface area contributed by atoms with Crippen LogP contribution in [-0.4, -0.2) is 50.4 Å². The number of amides is 1. The zero-order chi connectivity index (χ0) is 16.1. The molecule has 1 amide bonds. The van der Waals surface area contributed by atoms with Crippen molar-refractivity contribution in [2.45, 2.75) is 19.8 Å². The molecule has 0 saturated carbocycles. The van der Waals surface area contributed by atoms with Gasteiger partial charge in [0.1, 0.15) is 5.75 Å². The lowest BCUT2D eigenvalue weighted by Crippen LogP contribution is -2.31. The Morgan fingerprint density at radius 3 is 2.82 bits per heavy atom. The van der Waals surface area contributed by atoms with E-state index in [1.54, 1.807) is 25.3 Å². The third kappa shape index (κ3) is 3.85. The van der Waals surface area contributed by atoms with Crippen LogP contribution in [0.3, 0.4) is 0 Å². The molecule has 1 aromatic carbocycles. The summed E-state index contributed by atoms with van der Waals surface area (Å²) in [7, 11) is 3.51. The highest BCUT2D eigenvalue weighted by atomic mass is 16.5. The van der Waals surface area contributed by atoms with E-state index < -0.39 is 0 Å². The van der Waals surface area contributed by atoms with Crippen molar-refractivity contribution in [3.8, 4) is 5.75 Å². The van der Waals surface area contributed by atoms with Crippen LogP contribution in [0.1, 0.15) is 29.3 Å². The van der Waals surface area contributed by atoms with Crippen LogP contribution in [0.15, 0.2) is 18.2 Å². The average Bonchev–Trinajstić information content (AvgIpc) is 2.96. The molecule has 22 heavy (non-hydrogen) atoms. The minimum atomic E-state index is -0.00777. The Balaban J connectivity index is 2.08. The fourth-order valence-electron chi connectivity index (χ4n) is 2.92. The van der Waals surface area contributed by atoms with Crippen molar-refractivity contribution in [3.05, 3.63) is 29.3 Å². The third-order valence-electron chi connectivity index (χ3n) is 4.16. The van der Waals surface area contributed by atoms with E-state index in [0.29, 0.717) is 17.2 Å². The number of methoxy groups -OCH3 is 1. The van der Waals surface area contributed by atoms with Crippen molar-refractivity contribution in [3.63, 3.8) is 0 Å². The first-order valence-corrected chi connectivity index (χ1v) is 7.65. The maximum Gasteiger partial charge on any atom is 0.227 e. The van der Waals surface area contributed by atoms with Gasteiger partial charge in [-0.1, -0.05) is 0 Å². The van der Waals surface area contributed by atoms with Gasteiger partial charge in [0.05, 0.1) is 13.5 Å². The molecule has 0 spiro atoms. The fraction of sp³-hybridized carbons (Fsp3) is 0.529. The van der Waals surface area contributed by atoms with Crippen molar-refractivity contribution >= 4 is 11.7 Å². The molecule has 1 fully saturated rings. The zero-order valence-corrected chi connectivity index (χ0v) is 13.5. The Kier molecular flexibility index (Phi) is 5.55. The van der Waals surface area contributed by atoms with Crippen molar-refractivity contribution in [2.24, 2.45) is 5.92 Å². The third-order valence-corrected chi connectivity index (χ3v) is 4.16. The van der Waals surface area contributed by atoms with Gasteiger partial charge >= 0.3 is 0 Å². The molecule has 1 atom stereocenters. The number of rotatable bonds is 6. The molecule has 0 radical (unpaired) electrons. The Morgan fingerprint density at radius 1 is 1.41 bits per heavy atom. The minimum absolute atomic E-state index is 0.00777. The highest BCUT2D eigenvalue weighted by molar-refractivity contribution is 5.94. The second-order valence-corrected chi connectivity index (χ2v) is 5.81. The van der Waals surface area contributed by atoms with Gasteiger partial charge in [0.25, 0.3) is 0 Å². The van der Waals surface area contributed by atoms with Gasteiger partial charge in [0.15, 0.2) is 5.78 Å². The molecule has 0 aromatic heterocycles. The summed E-state index contributed by atoms with van der Waals surface area (Å²) in [5.41, 5.74) is 1.38. The summed E-state index contributed by atoms with van der Waals surface area (Å²) in [6.45, 7) is 4.07. The van der Waals surface area contributed by atoms with Gasteiger partial charge in [0, 0.05) is 24.2 Å². The Labute approximate surface area is 131 Å². The van der Waals surface area contributed by atoms with Crippen molar-refractivity contribution in [1.29, 1.82) is 0 Å². The minimum Gasteiger partial charge on any atom is -0.496 e. The van der Waals surface area contributed by atoms with Gasteiger partial charge in [-0.15, -0.1) is 0 Å². The summed E-state index contributed by atoms with van der Waals surface area (Å²) in [5, 5.41) is 3.16. The number of hydrogen-bond donors (Lipinski definition) is 1. The topological polar surface area (TPSA) is 58.6 Å². The number of carbonyl (C=O) groups excluding carboxylic acids is 2. The van der Waals surface area contributed by atoms with E-state index in [0.717, 1.165) is 31.6 Å². The molecule has 5 nitrogen and oxygen atoms in total. The summed E-state index contributed by atoms with van der Waals surface area (Å²) in [6.07, 6.45) is 1.31. The van der Waals surface area contributed by atoms with Gasteiger partial charge < -0.3 is 15.0 Å². The summed E-state index contributed by atoms with van der Waals surface area (Å²) in [5.74, 6) is 1.27. The lowest BCUT2D eigenvalue weighted by Gasteiger charge is -2.18. The Bertz CT molecular complexity index is 557. The van der Waals surface area contributed by atoms with E-state index in [1.165, 1.54) is 6.92 Å². The standard InChI is InChI=1S/C17H24N2O3/c1-12(20)14-4-5-16(22-3)15(8-14)9-17(21)19-7-6-13(11-19)10-18-2/h4-5,8,13,18H,6-7,9-11H2,1-3H3. The number of ketones is 1. The number of hydrogen-bond acceptors (Lipinski definition) is 4. The molecule has 1 aliphatic heterocycles. The number of benzene rings is 1. The number of nitrogens with zero attached hydrogens (tertiary/aromatic N) is 1. The Morgan fingerprint density at radius 2 is 2.18 bits per heavy atom. The maximum atomic E-state index is 12.5. The van der Waals surface area contributed by atoms with Gasteiger partial charge in [-0.3, -0.25) is 9.59 Å². The predicted molar refractivity (Wildman–Crippen MR) is 85.3 cm³/mol. The molecule has 0 bridgehead atoms. The predicted octanol–water partition coefficient (Wildman–Crippen LogP) is 1.51. The number of carbonyl (C=O) groups is 2. The first-order valence-electron chi connectivity index (χ1n) is 7.65. The monoisotopic (exact) mass is 304 g/mol. The zero-order valence-electron chi connectivity index (χ0n) is 13.5. The van der Waals surface area contributed by atoms with Crippen LogP contribution in [0.5, 0.6) is 5.75 Å². The molecule has 1 aromatic rings. The first kappa shape index (κ1) is 16.5. The number of ether oxygens (including phenoxy) is 1. The molecular weight excluding hydrogens is 280 g/mol. The smallest absolute Gasteiger partial charge is 0.227 e. The highest BCUT2D eigenvalue weighted by Gasteiger charge is 2.26. The van der Waals surface area contributed by atoms with Crippen LogP contribution in [0.4, 0.5) is 0 Å². The quantitative estimate of drug-likeness (QED) is 0.809. The fourth-order valence-corrected chi connectivity index (χ4v) is 2.92. The van der Waals surface area contributed by atoms with E-state index in [2.05, 4.69) is 5.32 Å². The largest absolute Gasteiger partial charge is 0.496 e. The molecule has 0 aliphatic carbocycles. The van der Waals surface area contributed by atoms with Gasteiger partial charge in [-0.25, -0.2) is 0 Å². The summed E-state index contributed by atoms with van der Waals surface area (Å²) < 4.78 is 5.31. The van der Waals surface area contributed by atoms with Crippen molar-refractivity contribution in [1.82, 2.24) is 10.2 Å².